The van der Waals surface area contributed by atoms with E-state index < -0.39 is 18.1 Å². The number of fused-ring (bicyclic) bond motifs is 1. The highest BCUT2D eigenvalue weighted by molar-refractivity contribution is 6.05. The van der Waals surface area contributed by atoms with Crippen molar-refractivity contribution in [3.05, 3.63) is 36.0 Å². The van der Waals surface area contributed by atoms with Crippen LogP contribution < -0.4 is 5.73 Å². The van der Waals surface area contributed by atoms with Crippen LogP contribution in [0, 0.1) is 0 Å². The van der Waals surface area contributed by atoms with Crippen LogP contribution >= 0.6 is 0 Å². The number of amides is 1. The van der Waals surface area contributed by atoms with Crippen LogP contribution in [0.2, 0.25) is 0 Å². The predicted octanol–water partition coefficient (Wildman–Crippen LogP) is 1.90. The first-order valence-electron chi connectivity index (χ1n) is 4.89. The number of halogens is 3. The number of carboxylic acids is 1. The number of rotatable bonds is 1. The molecule has 2 aromatic rings. The number of hydrogen-bond acceptors (Lipinski definition) is 2. The SMILES string of the molecule is NC(=O)c1c[nH]c2ccccc12.O=C(O)C(F)(F)F. The lowest BCUT2D eigenvalue weighted by Crippen LogP contribution is -2.21. The maximum absolute atomic E-state index is 10.9. The third-order valence-corrected chi connectivity index (χ3v) is 2.10. The van der Waals surface area contributed by atoms with Crippen molar-refractivity contribution < 1.29 is 27.9 Å². The van der Waals surface area contributed by atoms with E-state index in [1.165, 1.54) is 0 Å². The number of carboxylic acid groups (broad SMARTS) is 1. The van der Waals surface area contributed by atoms with Crippen LogP contribution in [-0.4, -0.2) is 28.1 Å². The minimum Gasteiger partial charge on any atom is -0.475 e. The number of para-hydroxylation sites is 1. The Balaban J connectivity index is 0.000000224. The lowest BCUT2D eigenvalue weighted by atomic mass is 10.2. The van der Waals surface area contributed by atoms with Gasteiger partial charge in [-0.2, -0.15) is 13.2 Å². The van der Waals surface area contributed by atoms with Crippen LogP contribution in [-0.2, 0) is 4.79 Å². The molecule has 0 unspecified atom stereocenters. The zero-order chi connectivity index (χ0) is 14.6. The molecule has 5 nitrogen and oxygen atoms in total. The smallest absolute Gasteiger partial charge is 0.475 e. The van der Waals surface area contributed by atoms with E-state index in [9.17, 15) is 18.0 Å². The molecule has 102 valence electrons. The van der Waals surface area contributed by atoms with Gasteiger partial charge >= 0.3 is 12.1 Å². The summed E-state index contributed by atoms with van der Waals surface area (Å²) in [6.45, 7) is 0. The average Bonchev–Trinajstić information content (AvgIpc) is 2.72. The van der Waals surface area contributed by atoms with Gasteiger partial charge in [-0.1, -0.05) is 18.2 Å². The molecule has 0 fully saturated rings. The van der Waals surface area contributed by atoms with E-state index in [0.29, 0.717) is 5.56 Å². The fourth-order valence-corrected chi connectivity index (χ4v) is 1.28. The predicted molar refractivity (Wildman–Crippen MR) is 60.5 cm³/mol. The van der Waals surface area contributed by atoms with Crippen LogP contribution in [0.15, 0.2) is 30.5 Å². The molecule has 0 aliphatic heterocycles. The summed E-state index contributed by atoms with van der Waals surface area (Å²) in [5.74, 6) is -3.15. The van der Waals surface area contributed by atoms with Gasteiger partial charge in [0.05, 0.1) is 5.56 Å². The normalized spacial score (nSPS) is 10.7. The van der Waals surface area contributed by atoms with Gasteiger partial charge in [-0.05, 0) is 6.07 Å². The molecule has 1 heterocycles. The first-order valence-corrected chi connectivity index (χ1v) is 4.89. The monoisotopic (exact) mass is 274 g/mol. The molecule has 0 radical (unpaired) electrons. The molecular weight excluding hydrogens is 265 g/mol. The molecule has 0 saturated carbocycles. The molecule has 0 aliphatic rings. The van der Waals surface area contributed by atoms with Crippen LogP contribution in [0.1, 0.15) is 10.4 Å². The number of primary amides is 1. The van der Waals surface area contributed by atoms with Crippen molar-refractivity contribution in [1.82, 2.24) is 4.98 Å². The number of aromatic amines is 1. The lowest BCUT2D eigenvalue weighted by Gasteiger charge is -1.93. The van der Waals surface area contributed by atoms with E-state index in [4.69, 9.17) is 15.6 Å². The van der Waals surface area contributed by atoms with Gasteiger partial charge in [-0.25, -0.2) is 4.79 Å². The minimum absolute atomic E-state index is 0.396. The lowest BCUT2D eigenvalue weighted by molar-refractivity contribution is -0.192. The zero-order valence-corrected chi connectivity index (χ0v) is 9.36. The van der Waals surface area contributed by atoms with Crippen LogP contribution in [0.3, 0.4) is 0 Å². The molecule has 1 amide bonds. The van der Waals surface area contributed by atoms with Gasteiger partial charge in [0, 0.05) is 17.1 Å². The molecule has 2 rings (SSSR count). The van der Waals surface area contributed by atoms with Gasteiger partial charge in [-0.3, -0.25) is 4.79 Å². The van der Waals surface area contributed by atoms with Crippen molar-refractivity contribution in [3.8, 4) is 0 Å². The number of carbonyl (C=O) groups is 2. The summed E-state index contributed by atoms with van der Waals surface area (Å²) in [5, 5.41) is 8.00. The summed E-state index contributed by atoms with van der Waals surface area (Å²) in [5.41, 5.74) is 6.65. The third kappa shape index (κ3) is 3.73. The molecule has 0 aliphatic carbocycles. The van der Waals surface area contributed by atoms with Gasteiger partial charge in [0.1, 0.15) is 0 Å². The standard InChI is InChI=1S/C9H8N2O.C2HF3O2/c10-9(12)7-5-11-8-4-2-1-3-6(7)8;3-2(4,5)1(6)7/h1-5,11H,(H2,10,12);(H,6,7). The Hall–Kier alpha value is -2.51. The van der Waals surface area contributed by atoms with E-state index in [1.54, 1.807) is 6.20 Å². The Kier molecular flexibility index (Phi) is 4.15. The zero-order valence-electron chi connectivity index (χ0n) is 9.36. The van der Waals surface area contributed by atoms with E-state index in [2.05, 4.69) is 4.98 Å². The van der Waals surface area contributed by atoms with Crippen molar-refractivity contribution in [2.75, 3.05) is 0 Å². The molecule has 0 bridgehead atoms. The van der Waals surface area contributed by atoms with Gasteiger partial charge in [-0.15, -0.1) is 0 Å². The Labute approximate surface area is 104 Å². The van der Waals surface area contributed by atoms with Crippen LogP contribution in [0.25, 0.3) is 10.9 Å². The molecule has 0 atom stereocenters. The molecule has 19 heavy (non-hydrogen) atoms. The second-order valence-corrected chi connectivity index (χ2v) is 3.42. The number of H-pyrrole nitrogens is 1. The number of alkyl halides is 3. The van der Waals surface area contributed by atoms with Gasteiger partial charge < -0.3 is 15.8 Å². The van der Waals surface area contributed by atoms with E-state index in [0.717, 1.165) is 10.9 Å². The number of nitrogens with two attached hydrogens (primary N) is 1. The third-order valence-electron chi connectivity index (χ3n) is 2.10. The van der Waals surface area contributed by atoms with Crippen molar-refractivity contribution in [2.45, 2.75) is 6.18 Å². The highest BCUT2D eigenvalue weighted by atomic mass is 19.4. The van der Waals surface area contributed by atoms with E-state index >= 15 is 0 Å². The molecule has 0 saturated heterocycles. The summed E-state index contributed by atoms with van der Waals surface area (Å²) in [7, 11) is 0. The summed E-state index contributed by atoms with van der Waals surface area (Å²) in [6, 6.07) is 7.56. The second kappa shape index (κ2) is 5.42. The van der Waals surface area contributed by atoms with Crippen molar-refractivity contribution in [3.63, 3.8) is 0 Å². The van der Waals surface area contributed by atoms with Gasteiger partial charge in [0.25, 0.3) is 5.91 Å². The quantitative estimate of drug-likeness (QED) is 0.741. The summed E-state index contributed by atoms with van der Waals surface area (Å²) in [6.07, 6.45) is -3.45. The van der Waals surface area contributed by atoms with Gasteiger partial charge in [0.2, 0.25) is 0 Å². The fourth-order valence-electron chi connectivity index (χ4n) is 1.28. The molecule has 4 N–H and O–H groups in total. The maximum atomic E-state index is 10.9. The first kappa shape index (κ1) is 14.6. The van der Waals surface area contributed by atoms with Crippen LogP contribution in [0.4, 0.5) is 13.2 Å². The van der Waals surface area contributed by atoms with E-state index in [1.807, 2.05) is 24.3 Å². The summed E-state index contributed by atoms with van der Waals surface area (Å²) >= 11 is 0. The molecule has 0 spiro atoms. The Morgan fingerprint density at radius 2 is 1.74 bits per heavy atom. The van der Waals surface area contributed by atoms with Crippen molar-refractivity contribution >= 4 is 22.8 Å². The largest absolute Gasteiger partial charge is 0.490 e. The minimum atomic E-state index is -5.08. The number of aliphatic carboxylic acids is 1. The highest BCUT2D eigenvalue weighted by Crippen LogP contribution is 2.16. The molecule has 1 aromatic carbocycles. The average molecular weight is 274 g/mol. The Bertz CT molecular complexity index is 604. The number of hydrogen-bond donors (Lipinski definition) is 3. The molecule has 8 heteroatoms. The number of carbonyl (C=O) groups excluding carboxylic acids is 1. The number of aromatic nitrogens is 1. The fraction of sp³-hybridized carbons (Fsp3) is 0.0909. The van der Waals surface area contributed by atoms with Crippen molar-refractivity contribution in [2.24, 2.45) is 5.73 Å². The maximum Gasteiger partial charge on any atom is 0.490 e. The van der Waals surface area contributed by atoms with E-state index in [-0.39, 0.29) is 0 Å². The van der Waals surface area contributed by atoms with Crippen LogP contribution in [0.5, 0.6) is 0 Å². The van der Waals surface area contributed by atoms with Gasteiger partial charge in [0.15, 0.2) is 0 Å². The number of benzene rings is 1. The number of nitrogens with one attached hydrogen (secondary N) is 1. The first-order chi connectivity index (χ1) is 8.73. The van der Waals surface area contributed by atoms with Crippen molar-refractivity contribution in [1.29, 1.82) is 0 Å². The Morgan fingerprint density at radius 1 is 1.21 bits per heavy atom. The second-order valence-electron chi connectivity index (χ2n) is 3.42. The summed E-state index contributed by atoms with van der Waals surface area (Å²) in [4.78, 5) is 22.7. The molecule has 1 aromatic heterocycles. The Morgan fingerprint density at radius 3 is 2.21 bits per heavy atom. The summed E-state index contributed by atoms with van der Waals surface area (Å²) < 4.78 is 31.7. The molecular formula is C11H9F3N2O3. The topological polar surface area (TPSA) is 96.2 Å². The highest BCUT2D eigenvalue weighted by Gasteiger charge is 2.38.